The average molecular weight is 404 g/mol. The normalized spacial score (nSPS) is 12.8. The minimum Gasteiger partial charge on any atom is -0.496 e. The van der Waals surface area contributed by atoms with Gasteiger partial charge in [-0.25, -0.2) is 0 Å². The van der Waals surface area contributed by atoms with Crippen molar-refractivity contribution >= 4 is 29.2 Å². The Balaban J connectivity index is 2.01. The highest BCUT2D eigenvalue weighted by Gasteiger charge is 2.21. The lowest BCUT2D eigenvalue weighted by Gasteiger charge is -2.18. The summed E-state index contributed by atoms with van der Waals surface area (Å²) >= 11 is 5.98. The summed E-state index contributed by atoms with van der Waals surface area (Å²) in [4.78, 5) is 24.8. The van der Waals surface area contributed by atoms with Gasteiger partial charge in [-0.3, -0.25) is 9.59 Å². The molecule has 0 saturated heterocycles. The van der Waals surface area contributed by atoms with E-state index in [0.29, 0.717) is 22.3 Å². The number of hydrogen-bond acceptors (Lipinski definition) is 4. The predicted octanol–water partition coefficient (Wildman–Crippen LogP) is 4.98. The summed E-state index contributed by atoms with van der Waals surface area (Å²) in [5, 5.41) is 3.36. The number of carbonyl (C=O) groups is 2. The lowest BCUT2D eigenvalue weighted by molar-refractivity contribution is -0.152. The number of ether oxygens (including phenoxy) is 2. The highest BCUT2D eigenvalue weighted by molar-refractivity contribution is 6.30. The largest absolute Gasteiger partial charge is 0.496 e. The molecule has 0 aliphatic rings. The van der Waals surface area contributed by atoms with Gasteiger partial charge in [-0.1, -0.05) is 43.6 Å². The standard InChI is InChI=1S/C22H26ClNO4/c1-5-14(2)18-8-6-7-9-19(18)24-22(26)15(3)28-21(25)13-16-12-17(23)10-11-20(16)27-4/h6-12,14-15H,5,13H2,1-4H3,(H,24,26)/t14-,15-/m0/s1. The molecule has 28 heavy (non-hydrogen) atoms. The van der Waals surface area contributed by atoms with Crippen molar-refractivity contribution in [1.82, 2.24) is 0 Å². The fourth-order valence-corrected chi connectivity index (χ4v) is 3.02. The predicted molar refractivity (Wildman–Crippen MR) is 111 cm³/mol. The van der Waals surface area contributed by atoms with Crippen molar-refractivity contribution in [2.24, 2.45) is 0 Å². The number of rotatable bonds is 8. The molecule has 2 aromatic rings. The number of esters is 1. The first-order valence-corrected chi connectivity index (χ1v) is 9.65. The van der Waals surface area contributed by atoms with Crippen LogP contribution in [0.1, 0.15) is 44.2 Å². The Kier molecular flexibility index (Phi) is 7.88. The quantitative estimate of drug-likeness (QED) is 0.631. The van der Waals surface area contributed by atoms with Gasteiger partial charge in [0.25, 0.3) is 5.91 Å². The first-order valence-electron chi connectivity index (χ1n) is 9.27. The SMILES string of the molecule is CC[C@H](C)c1ccccc1NC(=O)[C@H](C)OC(=O)Cc1cc(Cl)ccc1OC. The number of benzene rings is 2. The van der Waals surface area contributed by atoms with Gasteiger partial charge in [0.2, 0.25) is 0 Å². The van der Waals surface area contributed by atoms with E-state index < -0.39 is 12.1 Å². The molecule has 150 valence electrons. The lowest BCUT2D eigenvalue weighted by Crippen LogP contribution is -2.31. The van der Waals surface area contributed by atoms with E-state index in [0.717, 1.165) is 17.7 Å². The summed E-state index contributed by atoms with van der Waals surface area (Å²) in [7, 11) is 1.52. The average Bonchev–Trinajstić information content (AvgIpc) is 2.67. The van der Waals surface area contributed by atoms with Crippen LogP contribution in [0.4, 0.5) is 5.69 Å². The number of carbonyl (C=O) groups excluding carboxylic acids is 2. The van der Waals surface area contributed by atoms with E-state index in [9.17, 15) is 9.59 Å². The lowest BCUT2D eigenvalue weighted by atomic mass is 9.97. The molecule has 2 atom stereocenters. The molecule has 1 N–H and O–H groups in total. The van der Waals surface area contributed by atoms with E-state index in [1.165, 1.54) is 7.11 Å². The molecule has 0 saturated carbocycles. The van der Waals surface area contributed by atoms with E-state index in [1.54, 1.807) is 25.1 Å². The smallest absolute Gasteiger partial charge is 0.311 e. The van der Waals surface area contributed by atoms with Crippen LogP contribution in [0.5, 0.6) is 5.75 Å². The Bertz CT molecular complexity index is 837. The maximum atomic E-state index is 12.5. The molecule has 2 aromatic carbocycles. The summed E-state index contributed by atoms with van der Waals surface area (Å²) in [6.45, 7) is 5.75. The second-order valence-corrected chi connectivity index (χ2v) is 7.09. The van der Waals surface area contributed by atoms with Gasteiger partial charge >= 0.3 is 5.97 Å². The maximum absolute atomic E-state index is 12.5. The number of amides is 1. The van der Waals surface area contributed by atoms with Gasteiger partial charge in [-0.2, -0.15) is 0 Å². The molecule has 0 unspecified atom stereocenters. The fraction of sp³-hybridized carbons (Fsp3) is 0.364. The summed E-state index contributed by atoms with van der Waals surface area (Å²) in [5.41, 5.74) is 2.40. The zero-order chi connectivity index (χ0) is 20.7. The van der Waals surface area contributed by atoms with Crippen LogP contribution in [0.15, 0.2) is 42.5 Å². The minimum absolute atomic E-state index is 0.0369. The Hall–Kier alpha value is -2.53. The molecule has 0 radical (unpaired) electrons. The zero-order valence-electron chi connectivity index (χ0n) is 16.6. The van der Waals surface area contributed by atoms with Gasteiger partial charge in [-0.15, -0.1) is 0 Å². The molecular formula is C22H26ClNO4. The third-order valence-corrected chi connectivity index (χ3v) is 4.85. The van der Waals surface area contributed by atoms with Crippen LogP contribution in [0.25, 0.3) is 0 Å². The Labute approximate surface area is 171 Å². The van der Waals surface area contributed by atoms with Gasteiger partial charge in [-0.05, 0) is 49.1 Å². The number of nitrogens with one attached hydrogen (secondary N) is 1. The summed E-state index contributed by atoms with van der Waals surface area (Å²) in [5.74, 6) is -0.0498. The molecule has 0 bridgehead atoms. The molecule has 0 aliphatic heterocycles. The van der Waals surface area contributed by atoms with Crippen LogP contribution < -0.4 is 10.1 Å². The summed E-state index contributed by atoms with van der Waals surface area (Å²) in [6.07, 6.45) is -0.00775. The number of methoxy groups -OCH3 is 1. The van der Waals surface area contributed by atoms with Gasteiger partial charge in [0.05, 0.1) is 13.5 Å². The van der Waals surface area contributed by atoms with Crippen LogP contribution in [-0.4, -0.2) is 25.1 Å². The van der Waals surface area contributed by atoms with Crippen LogP contribution in [0, 0.1) is 0 Å². The first-order chi connectivity index (χ1) is 13.3. The van der Waals surface area contributed by atoms with Gasteiger partial charge in [0.1, 0.15) is 5.75 Å². The van der Waals surface area contributed by atoms with Crippen molar-refractivity contribution < 1.29 is 19.1 Å². The third kappa shape index (κ3) is 5.73. The zero-order valence-corrected chi connectivity index (χ0v) is 17.4. The van der Waals surface area contributed by atoms with E-state index in [1.807, 2.05) is 24.3 Å². The topological polar surface area (TPSA) is 64.6 Å². The Morgan fingerprint density at radius 3 is 2.54 bits per heavy atom. The van der Waals surface area contributed by atoms with Crippen LogP contribution in [0.3, 0.4) is 0 Å². The van der Waals surface area contributed by atoms with Gasteiger partial charge in [0.15, 0.2) is 6.10 Å². The number of hydrogen-bond donors (Lipinski definition) is 1. The van der Waals surface area contributed by atoms with E-state index >= 15 is 0 Å². The third-order valence-electron chi connectivity index (χ3n) is 4.62. The molecule has 0 spiro atoms. The van der Waals surface area contributed by atoms with Crippen molar-refractivity contribution in [3.05, 3.63) is 58.6 Å². The van der Waals surface area contributed by atoms with Crippen LogP contribution >= 0.6 is 11.6 Å². The number of anilines is 1. The molecule has 0 heterocycles. The number of para-hydroxylation sites is 1. The molecule has 0 fully saturated rings. The second-order valence-electron chi connectivity index (χ2n) is 6.65. The number of halogens is 1. The van der Waals surface area contributed by atoms with Crippen molar-refractivity contribution in [2.45, 2.75) is 45.6 Å². The molecule has 6 heteroatoms. The minimum atomic E-state index is -0.928. The maximum Gasteiger partial charge on any atom is 0.311 e. The molecule has 0 aliphatic carbocycles. The van der Waals surface area contributed by atoms with Crippen LogP contribution in [0.2, 0.25) is 5.02 Å². The van der Waals surface area contributed by atoms with Crippen LogP contribution in [-0.2, 0) is 20.7 Å². The Morgan fingerprint density at radius 1 is 1.14 bits per heavy atom. The van der Waals surface area contributed by atoms with Crippen molar-refractivity contribution in [2.75, 3.05) is 12.4 Å². The van der Waals surface area contributed by atoms with E-state index in [-0.39, 0.29) is 12.3 Å². The molecule has 5 nitrogen and oxygen atoms in total. The highest BCUT2D eigenvalue weighted by atomic mass is 35.5. The molecule has 1 amide bonds. The highest BCUT2D eigenvalue weighted by Crippen LogP contribution is 2.27. The first kappa shape index (κ1) is 21.8. The van der Waals surface area contributed by atoms with Crippen molar-refractivity contribution in [3.63, 3.8) is 0 Å². The fourth-order valence-electron chi connectivity index (χ4n) is 2.83. The van der Waals surface area contributed by atoms with Gasteiger partial charge in [0, 0.05) is 16.3 Å². The van der Waals surface area contributed by atoms with E-state index in [4.69, 9.17) is 21.1 Å². The summed E-state index contributed by atoms with van der Waals surface area (Å²) < 4.78 is 10.5. The van der Waals surface area contributed by atoms with E-state index in [2.05, 4.69) is 19.2 Å². The molecular weight excluding hydrogens is 378 g/mol. The monoisotopic (exact) mass is 403 g/mol. The van der Waals surface area contributed by atoms with Crippen molar-refractivity contribution in [1.29, 1.82) is 0 Å². The second kappa shape index (κ2) is 10.1. The Morgan fingerprint density at radius 2 is 1.86 bits per heavy atom. The molecule has 0 aromatic heterocycles. The van der Waals surface area contributed by atoms with Crippen molar-refractivity contribution in [3.8, 4) is 5.75 Å². The summed E-state index contributed by atoms with van der Waals surface area (Å²) in [6, 6.07) is 12.7. The molecule has 2 rings (SSSR count). The van der Waals surface area contributed by atoms with Gasteiger partial charge < -0.3 is 14.8 Å².